The molecule has 0 saturated heterocycles. The molecule has 0 fully saturated rings. The Hall–Kier alpha value is -7.95. The standard InChI is InChI=1S/C35H29N13O4/c36-30(24-16-7-9-20-38-24)43-47-34(51)28(22-12-3-1-4-13-22)41-45-32(49)26-18-11-19-27(40-26)33(50)46-42-29(23-14-5-2-6-15-23)35(52)48-44-31(37)25-17-8-10-21-39-25/h1-21H,(H2,36,43)(H2,37,44)(H,45,49)(H,46,50)(H,47,51)(H,48,52)/b41-28-,42-29-. The highest BCUT2D eigenvalue weighted by molar-refractivity contribution is 6.45. The van der Waals surface area contributed by atoms with Gasteiger partial charge < -0.3 is 21.7 Å². The molecular weight excluding hydrogens is 666 g/mol. The van der Waals surface area contributed by atoms with Gasteiger partial charge in [-0.1, -0.05) is 78.9 Å². The number of aliphatic hydroxyl groups is 2. The summed E-state index contributed by atoms with van der Waals surface area (Å²) in [6.07, 6.45) is 3.05. The van der Waals surface area contributed by atoms with E-state index in [0.29, 0.717) is 22.5 Å². The minimum Gasteiger partial charge on any atom is -0.491 e. The molecule has 2 aromatic carbocycles. The van der Waals surface area contributed by atoms with Crippen LogP contribution in [0.15, 0.2) is 158 Å². The van der Waals surface area contributed by atoms with Gasteiger partial charge in [-0.3, -0.25) is 19.6 Å². The molecule has 17 nitrogen and oxygen atoms in total. The van der Waals surface area contributed by atoms with Crippen LogP contribution in [0.25, 0.3) is 0 Å². The minimum absolute atomic E-state index is 0.0654. The summed E-state index contributed by atoms with van der Waals surface area (Å²) in [5.41, 5.74) is 17.2. The number of carbonyl (C=O) groups is 2. The van der Waals surface area contributed by atoms with Gasteiger partial charge >= 0.3 is 0 Å². The minimum atomic E-state index is -0.825. The molecule has 0 aliphatic carbocycles. The van der Waals surface area contributed by atoms with Crippen molar-refractivity contribution in [3.05, 3.63) is 162 Å². The Balaban J connectivity index is 1.35. The fourth-order valence-corrected chi connectivity index (χ4v) is 4.12. The second-order valence-corrected chi connectivity index (χ2v) is 10.2. The molecule has 17 heteroatoms. The normalized spacial score (nSPS) is 13.0. The summed E-state index contributed by atoms with van der Waals surface area (Å²) in [6.45, 7) is 0. The first-order valence-electron chi connectivity index (χ1n) is 15.2. The maximum atomic E-state index is 13.1. The second kappa shape index (κ2) is 17.4. The number of hydrazone groups is 2. The lowest BCUT2D eigenvalue weighted by molar-refractivity contribution is 0.0945. The Bertz CT molecular complexity index is 2050. The van der Waals surface area contributed by atoms with Crippen molar-refractivity contribution < 1.29 is 19.8 Å². The second-order valence-electron chi connectivity index (χ2n) is 10.2. The number of rotatable bonds is 12. The van der Waals surface area contributed by atoms with Gasteiger partial charge in [-0.05, 0) is 36.4 Å². The van der Waals surface area contributed by atoms with Crippen molar-refractivity contribution in [3.63, 3.8) is 0 Å². The third-order valence-electron chi connectivity index (χ3n) is 6.63. The molecule has 0 atom stereocenters. The van der Waals surface area contributed by atoms with Crippen LogP contribution in [0.3, 0.4) is 0 Å². The van der Waals surface area contributed by atoms with E-state index in [1.807, 2.05) is 0 Å². The van der Waals surface area contributed by atoms with Gasteiger partial charge in [0.25, 0.3) is 23.6 Å². The molecule has 3 heterocycles. The lowest BCUT2D eigenvalue weighted by Gasteiger charge is -2.07. The summed E-state index contributed by atoms with van der Waals surface area (Å²) in [5, 5.41) is 44.8. The predicted molar refractivity (Wildman–Crippen MR) is 195 cm³/mol. The number of nitrogens with one attached hydrogen (secondary N) is 2. The van der Waals surface area contributed by atoms with Crippen molar-refractivity contribution in [2.24, 2.45) is 42.1 Å². The average molecular weight is 696 g/mol. The topological polar surface area (TPSA) is 264 Å². The molecule has 0 bridgehead atoms. The molecule has 0 aliphatic heterocycles. The van der Waals surface area contributed by atoms with Gasteiger partial charge in [0.1, 0.15) is 22.8 Å². The van der Waals surface area contributed by atoms with E-state index >= 15 is 0 Å². The molecule has 0 aliphatic rings. The average Bonchev–Trinajstić information content (AvgIpc) is 3.20. The predicted octanol–water partition coefficient (Wildman–Crippen LogP) is 2.69. The fraction of sp³-hybridized carbons (Fsp3) is 0. The van der Waals surface area contributed by atoms with Crippen LogP contribution in [0.1, 0.15) is 43.5 Å². The molecule has 0 spiro atoms. The molecule has 258 valence electrons. The summed E-state index contributed by atoms with van der Waals surface area (Å²) in [6, 6.07) is 30.9. The Kier molecular flexibility index (Phi) is 11.9. The number of hydrogen-bond donors (Lipinski definition) is 6. The highest BCUT2D eigenvalue weighted by Crippen LogP contribution is 2.07. The van der Waals surface area contributed by atoms with Gasteiger partial charge in [-0.2, -0.15) is 10.2 Å². The van der Waals surface area contributed by atoms with Crippen molar-refractivity contribution in [2.75, 3.05) is 0 Å². The van der Waals surface area contributed by atoms with Crippen LogP contribution in [-0.4, -0.2) is 71.9 Å². The molecule has 8 N–H and O–H groups in total. The third-order valence-corrected chi connectivity index (χ3v) is 6.63. The molecule has 0 saturated carbocycles. The fourth-order valence-electron chi connectivity index (χ4n) is 4.12. The van der Waals surface area contributed by atoms with Gasteiger partial charge in [0.15, 0.2) is 23.1 Å². The quantitative estimate of drug-likeness (QED) is 0.0636. The number of nitrogens with two attached hydrogens (primary N) is 2. The van der Waals surface area contributed by atoms with E-state index in [-0.39, 0.29) is 34.5 Å². The van der Waals surface area contributed by atoms with Crippen LogP contribution in [0, 0.1) is 0 Å². The van der Waals surface area contributed by atoms with Crippen molar-refractivity contribution in [1.82, 2.24) is 25.8 Å². The van der Waals surface area contributed by atoms with Crippen LogP contribution in [-0.2, 0) is 0 Å². The van der Waals surface area contributed by atoms with Crippen molar-refractivity contribution >= 4 is 46.7 Å². The first kappa shape index (κ1) is 35.4. The van der Waals surface area contributed by atoms with E-state index in [1.54, 1.807) is 97.1 Å². The number of carbonyl (C=O) groups excluding carboxylic acids is 2. The van der Waals surface area contributed by atoms with Gasteiger partial charge in [0, 0.05) is 23.5 Å². The number of aromatic nitrogens is 3. The van der Waals surface area contributed by atoms with Crippen molar-refractivity contribution in [3.8, 4) is 0 Å². The number of hydrogen-bond acceptors (Lipinski definition) is 11. The first-order valence-corrected chi connectivity index (χ1v) is 15.2. The lowest BCUT2D eigenvalue weighted by atomic mass is 10.1. The molecule has 0 radical (unpaired) electrons. The summed E-state index contributed by atoms with van der Waals surface area (Å²) < 4.78 is 0. The molecule has 2 amide bonds. The molecular formula is C35H29N13O4. The van der Waals surface area contributed by atoms with Crippen LogP contribution in [0.4, 0.5) is 0 Å². The Morgan fingerprint density at radius 1 is 0.500 bits per heavy atom. The van der Waals surface area contributed by atoms with E-state index in [0.717, 1.165) is 0 Å². The number of amidine groups is 2. The molecule has 52 heavy (non-hydrogen) atoms. The van der Waals surface area contributed by atoms with Crippen molar-refractivity contribution in [2.45, 2.75) is 0 Å². The van der Waals surface area contributed by atoms with E-state index in [1.165, 1.54) is 30.6 Å². The first-order chi connectivity index (χ1) is 25.3. The molecule has 5 rings (SSSR count). The molecule has 3 aromatic heterocycles. The van der Waals surface area contributed by atoms with E-state index in [4.69, 9.17) is 11.5 Å². The maximum Gasteiger partial charge on any atom is 0.289 e. The van der Waals surface area contributed by atoms with Crippen molar-refractivity contribution in [1.29, 1.82) is 0 Å². The van der Waals surface area contributed by atoms with Crippen LogP contribution in [0.2, 0.25) is 0 Å². The number of benzene rings is 2. The van der Waals surface area contributed by atoms with Gasteiger partial charge in [0.05, 0.1) is 0 Å². The monoisotopic (exact) mass is 695 g/mol. The van der Waals surface area contributed by atoms with Gasteiger partial charge in [0.2, 0.25) is 0 Å². The largest absolute Gasteiger partial charge is 0.491 e. The third kappa shape index (κ3) is 9.57. The van der Waals surface area contributed by atoms with Crippen LogP contribution >= 0.6 is 0 Å². The lowest BCUT2D eigenvalue weighted by Crippen LogP contribution is -2.27. The maximum absolute atomic E-state index is 13.1. The number of amides is 2. The summed E-state index contributed by atoms with van der Waals surface area (Å²) in [7, 11) is 0. The van der Waals surface area contributed by atoms with Crippen LogP contribution in [0.5, 0.6) is 0 Å². The summed E-state index contributed by atoms with van der Waals surface area (Å²) in [4.78, 5) is 38.5. The number of pyridine rings is 3. The number of nitrogens with zero attached hydrogens (tertiary/aromatic N) is 9. The number of aliphatic hydroxyl groups excluding tert-OH is 2. The van der Waals surface area contributed by atoms with Gasteiger partial charge in [-0.25, -0.2) is 15.8 Å². The SMILES string of the molecule is N\C(=N/N=C(O)/C(=N\NC(=O)c1cccc(C(=O)N\N=C(/C(O)=N/N=C(\N)c2ccccn2)c2ccccc2)n1)c1ccccc1)c1ccccn1. The Morgan fingerprint density at radius 3 is 1.27 bits per heavy atom. The van der Waals surface area contributed by atoms with E-state index in [2.05, 4.69) is 56.4 Å². The van der Waals surface area contributed by atoms with Crippen LogP contribution < -0.4 is 22.3 Å². The smallest absolute Gasteiger partial charge is 0.289 e. The molecule has 0 unspecified atom stereocenters. The zero-order valence-electron chi connectivity index (χ0n) is 27.0. The van der Waals surface area contributed by atoms with E-state index in [9.17, 15) is 19.8 Å². The Labute approximate surface area is 295 Å². The summed E-state index contributed by atoms with van der Waals surface area (Å²) >= 11 is 0. The molecule has 5 aromatic rings. The zero-order chi connectivity index (χ0) is 36.7. The zero-order valence-corrected chi connectivity index (χ0v) is 27.0. The highest BCUT2D eigenvalue weighted by Gasteiger charge is 2.17. The summed E-state index contributed by atoms with van der Waals surface area (Å²) in [5.74, 6) is -3.09. The van der Waals surface area contributed by atoms with Gasteiger partial charge in [-0.15, -0.1) is 20.4 Å². The Morgan fingerprint density at radius 2 is 0.885 bits per heavy atom. The van der Waals surface area contributed by atoms with E-state index < -0.39 is 23.6 Å². The highest BCUT2D eigenvalue weighted by atomic mass is 16.3.